The summed E-state index contributed by atoms with van der Waals surface area (Å²) in [6.07, 6.45) is 8.02. The Labute approximate surface area is 212 Å². The van der Waals surface area contributed by atoms with Crippen LogP contribution in [0.15, 0.2) is 30.3 Å². The van der Waals surface area contributed by atoms with Crippen molar-refractivity contribution < 1.29 is 14.3 Å². The molecule has 3 rings (SSSR count). The van der Waals surface area contributed by atoms with Crippen LogP contribution in [0.1, 0.15) is 84.6 Å². The number of carbonyl (C=O) groups excluding carboxylic acids is 2. The number of amides is 2. The van der Waals surface area contributed by atoms with Crippen molar-refractivity contribution in [3.8, 4) is 0 Å². The molecule has 0 radical (unpaired) electrons. The number of nitrogens with one attached hydrogen (secondary N) is 1. The second kappa shape index (κ2) is 11.3. The number of benzene rings is 1. The van der Waals surface area contributed by atoms with Crippen LogP contribution in [0.2, 0.25) is 0 Å². The Kier molecular flexibility index (Phi) is 8.90. The van der Waals surface area contributed by atoms with Crippen LogP contribution in [0.3, 0.4) is 0 Å². The topological polar surface area (TPSA) is 61.9 Å². The number of carbonyl (C=O) groups is 2. The van der Waals surface area contributed by atoms with E-state index < -0.39 is 5.60 Å². The van der Waals surface area contributed by atoms with E-state index in [0.29, 0.717) is 19.0 Å². The zero-order valence-electron chi connectivity index (χ0n) is 22.9. The fraction of sp³-hybridized carbons (Fsp3) is 0.724. The van der Waals surface area contributed by atoms with Gasteiger partial charge < -0.3 is 15.0 Å². The van der Waals surface area contributed by atoms with Gasteiger partial charge in [-0.3, -0.25) is 9.69 Å². The number of hydrogen-bond acceptors (Lipinski definition) is 4. The fourth-order valence-electron chi connectivity index (χ4n) is 5.54. The monoisotopic (exact) mass is 485 g/mol. The smallest absolute Gasteiger partial charge is 0.317 e. The van der Waals surface area contributed by atoms with E-state index >= 15 is 0 Å². The molecule has 1 aromatic rings. The van der Waals surface area contributed by atoms with Crippen LogP contribution in [-0.4, -0.2) is 61.1 Å². The van der Waals surface area contributed by atoms with E-state index in [1.165, 1.54) is 24.8 Å². The van der Waals surface area contributed by atoms with Crippen LogP contribution in [0, 0.1) is 11.3 Å². The molecule has 0 saturated heterocycles. The van der Waals surface area contributed by atoms with Gasteiger partial charge in [-0.05, 0) is 90.3 Å². The third-order valence-corrected chi connectivity index (χ3v) is 8.08. The van der Waals surface area contributed by atoms with Crippen LogP contribution >= 0.6 is 0 Å². The van der Waals surface area contributed by atoms with E-state index in [0.717, 1.165) is 32.2 Å². The third-order valence-electron chi connectivity index (χ3n) is 8.08. The summed E-state index contributed by atoms with van der Waals surface area (Å²) in [7, 11) is 4.35. The molecule has 0 unspecified atom stereocenters. The molecule has 1 aromatic carbocycles. The molecule has 6 nitrogen and oxygen atoms in total. The summed E-state index contributed by atoms with van der Waals surface area (Å²) < 4.78 is 5.51. The second-order valence-electron chi connectivity index (χ2n) is 12.3. The molecule has 196 valence electrons. The van der Waals surface area contributed by atoms with E-state index in [2.05, 4.69) is 61.6 Å². The van der Waals surface area contributed by atoms with Gasteiger partial charge in [0, 0.05) is 25.2 Å². The Morgan fingerprint density at radius 1 is 1.06 bits per heavy atom. The number of rotatable bonds is 9. The summed E-state index contributed by atoms with van der Waals surface area (Å²) in [5.74, 6) is 0.349. The molecule has 2 aliphatic rings. The van der Waals surface area contributed by atoms with Gasteiger partial charge in [-0.1, -0.05) is 43.7 Å². The van der Waals surface area contributed by atoms with Crippen LogP contribution in [0.4, 0.5) is 4.79 Å². The molecule has 1 N–H and O–H groups in total. The van der Waals surface area contributed by atoms with E-state index in [1.807, 2.05) is 25.7 Å². The molecule has 35 heavy (non-hydrogen) atoms. The molecule has 0 heterocycles. The molecule has 6 heteroatoms. The summed E-state index contributed by atoms with van der Waals surface area (Å²) in [6.45, 7) is 9.71. The van der Waals surface area contributed by atoms with Crippen molar-refractivity contribution in [1.29, 1.82) is 0 Å². The standard InChI is InChI=1S/C29H47N3O3/c1-27(2,3)35-25(33)15-20-32(26(34)30-21-23-11-10-12-23)22-28(4)16-18-29(19-17-28,31(5)6)24-13-8-7-9-14-24/h7-9,13-14,23H,10-12,15-22H2,1-6H3,(H,30,34)/t28-,29-. The average Bonchev–Trinajstić information content (AvgIpc) is 2.75. The quantitative estimate of drug-likeness (QED) is 0.465. The van der Waals surface area contributed by atoms with E-state index in [9.17, 15) is 9.59 Å². The number of nitrogens with zero attached hydrogens (tertiary/aromatic N) is 2. The van der Waals surface area contributed by atoms with Gasteiger partial charge in [0.15, 0.2) is 0 Å². The van der Waals surface area contributed by atoms with Crippen molar-refractivity contribution >= 4 is 12.0 Å². The summed E-state index contributed by atoms with van der Waals surface area (Å²) in [5, 5.41) is 3.15. The first kappa shape index (κ1) is 27.5. The van der Waals surface area contributed by atoms with Crippen LogP contribution in [-0.2, 0) is 15.1 Å². The highest BCUT2D eigenvalue weighted by Gasteiger charge is 2.44. The SMILES string of the molecule is CN(C)[C@]1(c2ccccc2)CC[C@@](C)(CN(CCC(=O)OC(C)(C)C)C(=O)NCC2CCC2)CC1. The van der Waals surface area contributed by atoms with Gasteiger partial charge in [0.05, 0.1) is 6.42 Å². The molecule has 2 fully saturated rings. The molecule has 2 amide bonds. The number of esters is 1. The lowest BCUT2D eigenvalue weighted by atomic mass is 9.65. The van der Waals surface area contributed by atoms with Gasteiger partial charge >= 0.3 is 12.0 Å². The lowest BCUT2D eigenvalue weighted by Gasteiger charge is -2.50. The minimum atomic E-state index is -0.517. The molecule has 0 spiro atoms. The van der Waals surface area contributed by atoms with E-state index in [4.69, 9.17) is 4.74 Å². The number of hydrogen-bond donors (Lipinski definition) is 1. The highest BCUT2D eigenvalue weighted by molar-refractivity contribution is 5.76. The Morgan fingerprint density at radius 2 is 1.69 bits per heavy atom. The number of urea groups is 1. The van der Waals surface area contributed by atoms with Crippen LogP contribution in [0.25, 0.3) is 0 Å². The zero-order chi connectivity index (χ0) is 25.7. The van der Waals surface area contributed by atoms with Gasteiger partial charge in [0.25, 0.3) is 0 Å². The largest absolute Gasteiger partial charge is 0.460 e. The maximum absolute atomic E-state index is 13.2. The molecule has 0 aromatic heterocycles. The Morgan fingerprint density at radius 3 is 2.20 bits per heavy atom. The van der Waals surface area contributed by atoms with Crippen molar-refractivity contribution in [3.63, 3.8) is 0 Å². The fourth-order valence-corrected chi connectivity index (χ4v) is 5.54. The van der Waals surface area contributed by atoms with E-state index in [-0.39, 0.29) is 29.4 Å². The van der Waals surface area contributed by atoms with Crippen LogP contribution in [0.5, 0.6) is 0 Å². The lowest BCUT2D eigenvalue weighted by Crippen LogP contribution is -2.51. The Hall–Kier alpha value is -2.08. The van der Waals surface area contributed by atoms with Gasteiger partial charge in [0.1, 0.15) is 5.60 Å². The Balaban J connectivity index is 1.66. The predicted octanol–water partition coefficient (Wildman–Crippen LogP) is 5.57. The first-order valence-electron chi connectivity index (χ1n) is 13.4. The normalized spacial score (nSPS) is 25.1. The first-order valence-corrected chi connectivity index (χ1v) is 13.4. The van der Waals surface area contributed by atoms with Crippen molar-refractivity contribution in [1.82, 2.24) is 15.1 Å². The second-order valence-corrected chi connectivity index (χ2v) is 12.3. The van der Waals surface area contributed by atoms with Gasteiger partial charge in [-0.15, -0.1) is 0 Å². The summed E-state index contributed by atoms with van der Waals surface area (Å²) in [5.41, 5.74) is 0.883. The molecule has 0 bridgehead atoms. The summed E-state index contributed by atoms with van der Waals surface area (Å²) in [6, 6.07) is 10.8. The lowest BCUT2D eigenvalue weighted by molar-refractivity contribution is -0.155. The van der Waals surface area contributed by atoms with Crippen molar-refractivity contribution in [2.45, 2.75) is 90.2 Å². The molecular weight excluding hydrogens is 438 g/mol. The molecular formula is C29H47N3O3. The molecule has 2 saturated carbocycles. The Bertz CT molecular complexity index is 834. The maximum atomic E-state index is 13.2. The minimum absolute atomic E-state index is 0.00995. The molecule has 0 aliphatic heterocycles. The summed E-state index contributed by atoms with van der Waals surface area (Å²) >= 11 is 0. The molecule has 2 aliphatic carbocycles. The van der Waals surface area contributed by atoms with Crippen molar-refractivity contribution in [2.75, 3.05) is 33.7 Å². The van der Waals surface area contributed by atoms with Crippen LogP contribution < -0.4 is 5.32 Å². The zero-order valence-corrected chi connectivity index (χ0v) is 22.9. The highest BCUT2D eigenvalue weighted by atomic mass is 16.6. The predicted molar refractivity (Wildman–Crippen MR) is 141 cm³/mol. The minimum Gasteiger partial charge on any atom is -0.460 e. The van der Waals surface area contributed by atoms with Gasteiger partial charge in [0.2, 0.25) is 0 Å². The number of ether oxygens (including phenoxy) is 1. The third kappa shape index (κ3) is 7.45. The van der Waals surface area contributed by atoms with Gasteiger partial charge in [-0.2, -0.15) is 0 Å². The maximum Gasteiger partial charge on any atom is 0.317 e. The van der Waals surface area contributed by atoms with E-state index in [1.54, 1.807) is 0 Å². The highest BCUT2D eigenvalue weighted by Crippen LogP contribution is 2.48. The van der Waals surface area contributed by atoms with Crippen molar-refractivity contribution in [3.05, 3.63) is 35.9 Å². The van der Waals surface area contributed by atoms with Gasteiger partial charge in [-0.25, -0.2) is 4.79 Å². The summed E-state index contributed by atoms with van der Waals surface area (Å²) in [4.78, 5) is 29.9. The average molecular weight is 486 g/mol. The first-order chi connectivity index (χ1) is 16.4. The molecule has 0 atom stereocenters. The van der Waals surface area contributed by atoms with Crippen molar-refractivity contribution in [2.24, 2.45) is 11.3 Å².